The topological polar surface area (TPSA) is 142 Å². The van der Waals surface area contributed by atoms with Crippen LogP contribution in [0, 0.1) is 5.82 Å². The summed E-state index contributed by atoms with van der Waals surface area (Å²) in [5, 5.41) is 6.38. The third kappa shape index (κ3) is 7.58. The van der Waals surface area contributed by atoms with Crippen molar-refractivity contribution in [1.29, 1.82) is 0 Å². The van der Waals surface area contributed by atoms with Gasteiger partial charge in [0.1, 0.15) is 5.82 Å². The van der Waals surface area contributed by atoms with E-state index in [0.29, 0.717) is 54.2 Å². The molecule has 1 saturated carbocycles. The number of alkyl halides is 2. The molecule has 7 rings (SSSR count). The van der Waals surface area contributed by atoms with Crippen molar-refractivity contribution >= 4 is 28.9 Å². The Balaban J connectivity index is 0.00000128. The number of aromatic nitrogens is 3. The van der Waals surface area contributed by atoms with Crippen molar-refractivity contribution in [1.82, 2.24) is 20.3 Å². The molecule has 3 aliphatic heterocycles. The van der Waals surface area contributed by atoms with E-state index in [1.807, 2.05) is 12.1 Å². The summed E-state index contributed by atoms with van der Waals surface area (Å²) in [4.78, 5) is 41.0. The lowest BCUT2D eigenvalue weighted by atomic mass is 9.69. The number of nitrogens with zero attached hydrogens (tertiary/aromatic N) is 3. The normalized spacial score (nSPS) is 22.0. The number of anilines is 1. The van der Waals surface area contributed by atoms with E-state index in [1.54, 1.807) is 12.1 Å². The van der Waals surface area contributed by atoms with Gasteiger partial charge in [0.15, 0.2) is 18.2 Å². The van der Waals surface area contributed by atoms with Crippen LogP contribution in [0.15, 0.2) is 30.5 Å². The Bertz CT molecular complexity index is 1560. The molecule has 0 spiro atoms. The molecule has 4 aliphatic rings. The van der Waals surface area contributed by atoms with Gasteiger partial charge >= 0.3 is 6.15 Å². The van der Waals surface area contributed by atoms with E-state index in [4.69, 9.17) is 23.8 Å². The second-order valence-electron chi connectivity index (χ2n) is 11.6. The summed E-state index contributed by atoms with van der Waals surface area (Å²) in [7, 11) is 0. The number of carbonyl (C=O) groups is 1. The number of pyridine rings is 3. The molecule has 0 atom stereocenters. The van der Waals surface area contributed by atoms with Gasteiger partial charge in [0, 0.05) is 36.6 Å². The Hall–Kier alpha value is -4.13. The summed E-state index contributed by atoms with van der Waals surface area (Å²) in [6.45, 7) is 2.31. The zero-order chi connectivity index (χ0) is 32.1. The van der Waals surface area contributed by atoms with Crippen LogP contribution in [0.2, 0.25) is 0 Å². The number of carbonyl (C=O) groups excluding carboxylic acids is 3. The van der Waals surface area contributed by atoms with E-state index in [0.717, 1.165) is 31.4 Å². The van der Waals surface area contributed by atoms with Gasteiger partial charge in [-0.15, -0.1) is 0 Å². The molecule has 45 heavy (non-hydrogen) atoms. The van der Waals surface area contributed by atoms with Crippen LogP contribution in [0.1, 0.15) is 63.1 Å². The van der Waals surface area contributed by atoms with Crippen LogP contribution in [0.4, 0.5) is 19.0 Å². The largest absolute Gasteiger partial charge is 0.480 e. The first-order valence-electron chi connectivity index (χ1n) is 14.8. The molecule has 3 aromatic rings. The van der Waals surface area contributed by atoms with Crippen LogP contribution in [0.3, 0.4) is 0 Å². The van der Waals surface area contributed by atoms with E-state index >= 15 is 4.39 Å². The van der Waals surface area contributed by atoms with Crippen molar-refractivity contribution in [2.75, 3.05) is 25.1 Å². The van der Waals surface area contributed by atoms with Crippen LogP contribution in [-0.4, -0.2) is 63.9 Å². The number of amides is 1. The van der Waals surface area contributed by atoms with Crippen molar-refractivity contribution in [2.45, 2.75) is 81.9 Å². The zero-order valence-corrected chi connectivity index (χ0v) is 24.8. The molecular weight excluding hydrogens is 595 g/mol. The van der Waals surface area contributed by atoms with E-state index in [1.165, 1.54) is 13.1 Å². The quantitative estimate of drug-likeness (QED) is 0.311. The summed E-state index contributed by atoms with van der Waals surface area (Å²) < 4.78 is 59.5. The van der Waals surface area contributed by atoms with Crippen LogP contribution in [0.5, 0.6) is 11.6 Å². The average Bonchev–Trinajstić information content (AvgIpc) is 3.04. The maximum Gasteiger partial charge on any atom is 0.373 e. The Morgan fingerprint density at radius 3 is 2.62 bits per heavy atom. The number of aryl methyl sites for hydroxylation is 1. The lowest BCUT2D eigenvalue weighted by molar-refractivity contribution is -0.191. The summed E-state index contributed by atoms with van der Waals surface area (Å²) in [6, 6.07) is 6.94. The molecule has 3 aromatic heterocycles. The molecule has 1 amide bonds. The van der Waals surface area contributed by atoms with E-state index in [2.05, 4.69) is 25.6 Å². The lowest BCUT2D eigenvalue weighted by Crippen LogP contribution is -2.61. The van der Waals surface area contributed by atoms with E-state index in [-0.39, 0.29) is 48.7 Å². The van der Waals surface area contributed by atoms with Gasteiger partial charge in [0.05, 0.1) is 41.7 Å². The van der Waals surface area contributed by atoms with Crippen molar-refractivity contribution in [3.05, 3.63) is 47.5 Å². The standard InChI is InChI=1S/C30H34F3N5O4.CO2/c1-2-30(32,33)13-14-40-25-6-4-22-26(38-25)20(21(31)16-34-22)7-8-29-11-9-28(10-12-29,18-42-29)35-15-19-3-5-23-27(36-19)37-24(39)17-41-23;2-1-3/h3-6,16,35H,2,7-15,17-18H2,1H3,(H,36,37,39);. The number of rotatable bonds is 11. The number of ether oxygens (including phenoxy) is 3. The van der Waals surface area contributed by atoms with Crippen molar-refractivity contribution in [3.8, 4) is 11.6 Å². The number of hydrogen-bond donors (Lipinski definition) is 2. The molecule has 11 nitrogen and oxygen atoms in total. The predicted molar refractivity (Wildman–Crippen MR) is 153 cm³/mol. The average molecular weight is 630 g/mol. The summed E-state index contributed by atoms with van der Waals surface area (Å²) >= 11 is 0. The highest BCUT2D eigenvalue weighted by Crippen LogP contribution is 2.46. The number of fused-ring (bicyclic) bond motifs is 5. The highest BCUT2D eigenvalue weighted by Gasteiger charge is 2.49. The molecule has 2 saturated heterocycles. The van der Waals surface area contributed by atoms with E-state index < -0.39 is 18.2 Å². The Morgan fingerprint density at radius 1 is 1.13 bits per heavy atom. The Labute approximate surface area is 257 Å². The second kappa shape index (κ2) is 13.5. The number of nitrogens with one attached hydrogen (secondary N) is 2. The smallest absolute Gasteiger partial charge is 0.373 e. The molecule has 2 bridgehead atoms. The molecule has 2 N–H and O–H groups in total. The predicted octanol–water partition coefficient (Wildman–Crippen LogP) is 4.53. The van der Waals surface area contributed by atoms with Crippen LogP contribution in [-0.2, 0) is 32.1 Å². The minimum absolute atomic E-state index is 0.00661. The van der Waals surface area contributed by atoms with Gasteiger partial charge in [0.2, 0.25) is 5.88 Å². The highest BCUT2D eigenvalue weighted by atomic mass is 19.3. The first-order valence-corrected chi connectivity index (χ1v) is 14.8. The van der Waals surface area contributed by atoms with Crippen molar-refractivity contribution in [3.63, 3.8) is 0 Å². The third-order valence-electron chi connectivity index (χ3n) is 8.76. The number of halogens is 3. The molecule has 1 aliphatic carbocycles. The van der Waals surface area contributed by atoms with Crippen LogP contribution in [0.25, 0.3) is 11.0 Å². The minimum Gasteiger partial charge on any atom is -0.480 e. The first kappa shape index (κ1) is 32.3. The first-order chi connectivity index (χ1) is 21.6. The highest BCUT2D eigenvalue weighted by molar-refractivity contribution is 5.94. The molecular formula is C31H34F3N5O6. The SMILES string of the molecule is CCC(F)(F)CCOc1ccc2ncc(F)c(CCC34CCC(NCc5ccc6c(n5)NC(=O)CO6)(CC3)CO4)c2n1.O=C=O. The molecule has 14 heteroatoms. The Morgan fingerprint density at radius 2 is 1.91 bits per heavy atom. The molecule has 6 heterocycles. The van der Waals surface area contributed by atoms with Gasteiger partial charge in [-0.3, -0.25) is 9.78 Å². The molecule has 0 unspecified atom stereocenters. The van der Waals surface area contributed by atoms with Gasteiger partial charge < -0.3 is 24.8 Å². The maximum atomic E-state index is 15.0. The monoisotopic (exact) mass is 629 g/mol. The van der Waals surface area contributed by atoms with Gasteiger partial charge in [-0.25, -0.2) is 23.1 Å². The molecule has 240 valence electrons. The maximum absolute atomic E-state index is 15.0. The van der Waals surface area contributed by atoms with Crippen LogP contribution < -0.4 is 20.1 Å². The fourth-order valence-corrected chi connectivity index (χ4v) is 5.92. The number of hydrogen-bond acceptors (Lipinski definition) is 10. The van der Waals surface area contributed by atoms with Crippen LogP contribution >= 0.6 is 0 Å². The summed E-state index contributed by atoms with van der Waals surface area (Å²) in [5.41, 5.74) is 1.61. The third-order valence-corrected chi connectivity index (χ3v) is 8.76. The van der Waals surface area contributed by atoms with Gasteiger partial charge in [-0.2, -0.15) is 9.59 Å². The van der Waals surface area contributed by atoms with E-state index in [9.17, 15) is 13.6 Å². The summed E-state index contributed by atoms with van der Waals surface area (Å²) in [6.07, 6.45) is 5.30. The van der Waals surface area contributed by atoms with Gasteiger partial charge in [0.25, 0.3) is 11.8 Å². The second-order valence-corrected chi connectivity index (χ2v) is 11.6. The molecule has 3 fully saturated rings. The Kier molecular flexibility index (Phi) is 9.66. The summed E-state index contributed by atoms with van der Waals surface area (Å²) in [5.74, 6) is -2.30. The molecule has 0 radical (unpaired) electrons. The minimum atomic E-state index is -2.80. The fraction of sp³-hybridized carbons (Fsp3) is 0.516. The lowest BCUT2D eigenvalue weighted by Gasteiger charge is -2.53. The van der Waals surface area contributed by atoms with Crippen molar-refractivity contribution < 1.29 is 41.8 Å². The van der Waals surface area contributed by atoms with Crippen molar-refractivity contribution in [2.24, 2.45) is 0 Å². The van der Waals surface area contributed by atoms with Gasteiger partial charge in [-0.1, -0.05) is 6.92 Å². The zero-order valence-electron chi connectivity index (χ0n) is 24.8. The molecule has 0 aromatic carbocycles. The van der Waals surface area contributed by atoms with Gasteiger partial charge in [-0.05, 0) is 56.7 Å². The fourth-order valence-electron chi connectivity index (χ4n) is 5.92.